The van der Waals surface area contributed by atoms with Crippen LogP contribution in [0, 0.1) is 5.92 Å². The number of hydrogen-bond donors (Lipinski definition) is 2. The second-order valence-electron chi connectivity index (χ2n) is 4.73. The maximum atomic E-state index is 5.42. The van der Waals surface area contributed by atoms with E-state index in [1.807, 2.05) is 0 Å². The molecule has 2 unspecified atom stereocenters. The third-order valence-corrected chi connectivity index (χ3v) is 3.52. The lowest BCUT2D eigenvalue weighted by Crippen LogP contribution is -2.38. The van der Waals surface area contributed by atoms with Gasteiger partial charge in [0.1, 0.15) is 0 Å². The molecule has 1 aromatic heterocycles. The lowest BCUT2D eigenvalue weighted by molar-refractivity contribution is 0.270. The van der Waals surface area contributed by atoms with Crippen LogP contribution in [0.3, 0.4) is 0 Å². The van der Waals surface area contributed by atoms with Gasteiger partial charge < -0.3 is 15.6 Å². The number of rotatable bonds is 2. The molecule has 15 heavy (non-hydrogen) atoms. The Balaban J connectivity index is 1.64. The number of anilines is 1. The summed E-state index contributed by atoms with van der Waals surface area (Å²) in [5.41, 5.74) is 5.42. The van der Waals surface area contributed by atoms with Crippen LogP contribution < -0.4 is 11.1 Å². The fourth-order valence-electron chi connectivity index (χ4n) is 2.94. The number of aromatic nitrogens is 2. The first-order valence-corrected chi connectivity index (χ1v) is 5.63. The molecule has 0 amide bonds. The van der Waals surface area contributed by atoms with Crippen LogP contribution in [0.2, 0.25) is 0 Å². The summed E-state index contributed by atoms with van der Waals surface area (Å²) in [7, 11) is 0. The van der Waals surface area contributed by atoms with Gasteiger partial charge in [0.05, 0.1) is 0 Å². The van der Waals surface area contributed by atoms with E-state index in [0.717, 1.165) is 6.42 Å². The van der Waals surface area contributed by atoms with E-state index in [1.165, 1.54) is 25.7 Å². The predicted molar refractivity (Wildman–Crippen MR) is 55.1 cm³/mol. The Morgan fingerprint density at radius 3 is 2.67 bits per heavy atom. The quantitative estimate of drug-likeness (QED) is 0.749. The van der Waals surface area contributed by atoms with E-state index in [2.05, 4.69) is 15.5 Å². The van der Waals surface area contributed by atoms with Crippen molar-refractivity contribution in [2.45, 2.75) is 44.2 Å². The maximum absolute atomic E-state index is 5.42. The Morgan fingerprint density at radius 1 is 1.33 bits per heavy atom. The van der Waals surface area contributed by atoms with E-state index in [0.29, 0.717) is 23.9 Å². The van der Waals surface area contributed by atoms with E-state index >= 15 is 0 Å². The first kappa shape index (κ1) is 9.15. The summed E-state index contributed by atoms with van der Waals surface area (Å²) in [6.07, 6.45) is 6.01. The zero-order valence-corrected chi connectivity index (χ0v) is 8.65. The third kappa shape index (κ3) is 1.84. The van der Waals surface area contributed by atoms with E-state index in [4.69, 9.17) is 10.3 Å². The molecule has 1 aromatic rings. The van der Waals surface area contributed by atoms with Gasteiger partial charge in [-0.2, -0.15) is 4.98 Å². The van der Waals surface area contributed by atoms with Crippen LogP contribution in [0.25, 0.3) is 0 Å². The molecule has 3 rings (SSSR count). The van der Waals surface area contributed by atoms with Crippen LogP contribution in [0.15, 0.2) is 4.52 Å². The minimum atomic E-state index is 0.252. The highest BCUT2D eigenvalue weighted by Crippen LogP contribution is 2.32. The average Bonchev–Trinajstić information content (AvgIpc) is 2.74. The first-order chi connectivity index (χ1) is 7.29. The maximum Gasteiger partial charge on any atom is 0.260 e. The highest BCUT2D eigenvalue weighted by Gasteiger charge is 2.33. The zero-order chi connectivity index (χ0) is 10.3. The molecule has 2 bridgehead atoms. The van der Waals surface area contributed by atoms with Crippen LogP contribution in [-0.2, 0) is 6.42 Å². The fraction of sp³-hybridized carbons (Fsp3) is 0.800. The number of hydrogen-bond acceptors (Lipinski definition) is 5. The molecule has 3 heterocycles. The Bertz CT molecular complexity index is 339. The number of nitrogens with two attached hydrogens (primary N) is 1. The molecule has 82 valence electrons. The van der Waals surface area contributed by atoms with Gasteiger partial charge in [-0.1, -0.05) is 0 Å². The monoisotopic (exact) mass is 208 g/mol. The minimum Gasteiger partial charge on any atom is -0.365 e. The van der Waals surface area contributed by atoms with Crippen molar-refractivity contribution in [2.75, 3.05) is 5.73 Å². The molecular formula is C10H16N4O. The lowest BCUT2D eigenvalue weighted by atomic mass is 9.90. The van der Waals surface area contributed by atoms with Crippen molar-refractivity contribution in [1.29, 1.82) is 0 Å². The molecule has 0 aromatic carbocycles. The van der Waals surface area contributed by atoms with Crippen LogP contribution in [0.1, 0.15) is 31.6 Å². The Kier molecular flexibility index (Phi) is 2.12. The van der Waals surface area contributed by atoms with Crippen LogP contribution in [0.5, 0.6) is 0 Å². The Labute approximate surface area is 88.4 Å². The summed E-state index contributed by atoms with van der Waals surface area (Å²) >= 11 is 0. The molecule has 0 aliphatic carbocycles. The van der Waals surface area contributed by atoms with Crippen molar-refractivity contribution >= 4 is 5.95 Å². The zero-order valence-electron chi connectivity index (χ0n) is 8.65. The van der Waals surface area contributed by atoms with Crippen molar-refractivity contribution in [1.82, 2.24) is 15.5 Å². The summed E-state index contributed by atoms with van der Waals surface area (Å²) in [5, 5.41) is 7.23. The summed E-state index contributed by atoms with van der Waals surface area (Å²) in [6, 6.07) is 1.43. The molecule has 2 saturated heterocycles. The summed E-state index contributed by atoms with van der Waals surface area (Å²) < 4.78 is 5.05. The molecule has 5 heteroatoms. The second-order valence-corrected chi connectivity index (χ2v) is 4.73. The van der Waals surface area contributed by atoms with Crippen LogP contribution >= 0.6 is 0 Å². The topological polar surface area (TPSA) is 77.0 Å². The molecule has 2 aliphatic heterocycles. The molecule has 2 aliphatic rings. The fourth-order valence-corrected chi connectivity index (χ4v) is 2.94. The van der Waals surface area contributed by atoms with Gasteiger partial charge in [0, 0.05) is 18.5 Å². The highest BCUT2D eigenvalue weighted by molar-refractivity contribution is 5.10. The molecule has 2 fully saturated rings. The predicted octanol–water partition coefficient (Wildman–Crippen LogP) is 0.725. The number of nitrogen functional groups attached to an aromatic ring is 1. The smallest absolute Gasteiger partial charge is 0.260 e. The molecule has 0 saturated carbocycles. The summed E-state index contributed by atoms with van der Waals surface area (Å²) in [6.45, 7) is 0. The standard InChI is InChI=1S/C10H16N4O/c11-10-13-9(15-14-10)5-6-3-7-1-2-8(4-6)12-7/h6-8,12H,1-5H2,(H2,11,14). The second kappa shape index (κ2) is 3.48. The number of nitrogens with one attached hydrogen (secondary N) is 1. The SMILES string of the molecule is Nc1noc(CC2CC3CCC(C2)N3)n1. The first-order valence-electron chi connectivity index (χ1n) is 5.63. The van der Waals surface area contributed by atoms with E-state index in [1.54, 1.807) is 0 Å². The average molecular weight is 208 g/mol. The van der Waals surface area contributed by atoms with Gasteiger partial charge in [-0.05, 0) is 36.8 Å². The number of nitrogens with zero attached hydrogens (tertiary/aromatic N) is 2. The van der Waals surface area contributed by atoms with Crippen molar-refractivity contribution in [3.8, 4) is 0 Å². The van der Waals surface area contributed by atoms with E-state index in [-0.39, 0.29) is 5.95 Å². The normalized spacial score (nSPS) is 34.5. The molecule has 0 radical (unpaired) electrons. The molecule has 2 atom stereocenters. The third-order valence-electron chi connectivity index (χ3n) is 3.52. The van der Waals surface area contributed by atoms with Crippen molar-refractivity contribution < 1.29 is 4.52 Å². The van der Waals surface area contributed by atoms with Crippen molar-refractivity contribution in [2.24, 2.45) is 5.92 Å². The van der Waals surface area contributed by atoms with Gasteiger partial charge in [-0.3, -0.25) is 0 Å². The lowest BCUT2D eigenvalue weighted by Gasteiger charge is -2.27. The van der Waals surface area contributed by atoms with Crippen molar-refractivity contribution in [3.63, 3.8) is 0 Å². The Morgan fingerprint density at radius 2 is 2.07 bits per heavy atom. The van der Waals surface area contributed by atoms with E-state index < -0.39 is 0 Å². The molecule has 3 N–H and O–H groups in total. The molecule has 0 spiro atoms. The largest absolute Gasteiger partial charge is 0.365 e. The van der Waals surface area contributed by atoms with Gasteiger partial charge in [0.2, 0.25) is 5.89 Å². The minimum absolute atomic E-state index is 0.252. The van der Waals surface area contributed by atoms with Gasteiger partial charge in [0.15, 0.2) is 0 Å². The van der Waals surface area contributed by atoms with Crippen LogP contribution in [0.4, 0.5) is 5.95 Å². The number of fused-ring (bicyclic) bond motifs is 2. The van der Waals surface area contributed by atoms with Crippen LogP contribution in [-0.4, -0.2) is 22.2 Å². The highest BCUT2D eigenvalue weighted by atomic mass is 16.5. The number of piperidine rings is 1. The van der Waals surface area contributed by atoms with Crippen molar-refractivity contribution in [3.05, 3.63) is 5.89 Å². The van der Waals surface area contributed by atoms with Gasteiger partial charge in [-0.15, -0.1) is 0 Å². The van der Waals surface area contributed by atoms with Gasteiger partial charge >= 0.3 is 0 Å². The van der Waals surface area contributed by atoms with Gasteiger partial charge in [0.25, 0.3) is 5.95 Å². The summed E-state index contributed by atoms with van der Waals surface area (Å²) in [4.78, 5) is 4.05. The molecule has 5 nitrogen and oxygen atoms in total. The van der Waals surface area contributed by atoms with E-state index in [9.17, 15) is 0 Å². The Hall–Kier alpha value is -1.10. The van der Waals surface area contributed by atoms with Gasteiger partial charge in [-0.25, -0.2) is 0 Å². The summed E-state index contributed by atoms with van der Waals surface area (Å²) in [5.74, 6) is 1.63. The molecular weight excluding hydrogens is 192 g/mol.